The minimum atomic E-state index is 0.406. The van der Waals surface area contributed by atoms with Gasteiger partial charge in [0.1, 0.15) is 5.75 Å². The fourth-order valence-corrected chi connectivity index (χ4v) is 3.11. The molecule has 0 unspecified atom stereocenters. The van der Waals surface area contributed by atoms with E-state index in [1.807, 2.05) is 13.0 Å². The van der Waals surface area contributed by atoms with Gasteiger partial charge in [0.25, 0.3) is 0 Å². The molecule has 0 spiro atoms. The van der Waals surface area contributed by atoms with Crippen LogP contribution < -0.4 is 4.74 Å². The maximum atomic E-state index is 7.58. The Hall–Kier alpha value is -1.55. The lowest BCUT2D eigenvalue weighted by Crippen LogP contribution is -2.29. The molecule has 4 heteroatoms. The number of piperidine rings is 1. The first kappa shape index (κ1) is 18.8. The van der Waals surface area contributed by atoms with Crippen LogP contribution in [0.15, 0.2) is 24.3 Å². The monoisotopic (exact) mass is 332 g/mol. The largest absolute Gasteiger partial charge is 0.494 e. The van der Waals surface area contributed by atoms with Crippen LogP contribution in [-0.4, -0.2) is 37.1 Å². The average molecular weight is 332 g/mol. The molecule has 0 aromatic heterocycles. The molecule has 2 rings (SSSR count). The van der Waals surface area contributed by atoms with Crippen molar-refractivity contribution in [3.8, 4) is 5.75 Å². The predicted octanol–water partition coefficient (Wildman–Crippen LogP) is 4.63. The first-order chi connectivity index (χ1) is 11.8. The molecule has 1 aliphatic heterocycles. The van der Waals surface area contributed by atoms with Crippen molar-refractivity contribution in [3.05, 3.63) is 29.8 Å². The molecule has 1 fully saturated rings. The van der Waals surface area contributed by atoms with E-state index in [-0.39, 0.29) is 0 Å². The maximum absolute atomic E-state index is 7.58. The summed E-state index contributed by atoms with van der Waals surface area (Å²) >= 11 is 0. The normalized spacial score (nSPS) is 15.2. The molecule has 134 valence electrons. The topological polar surface area (TPSA) is 45.6 Å². The van der Waals surface area contributed by atoms with Gasteiger partial charge in [-0.05, 0) is 69.8 Å². The SMILES string of the molecule is CCOC(=N)CCCCCOc1cccc(CN2CCCCC2)c1. The summed E-state index contributed by atoms with van der Waals surface area (Å²) in [6.07, 6.45) is 7.87. The molecule has 0 radical (unpaired) electrons. The standard InChI is InChI=1S/C20H32N2O2/c1-2-23-20(21)12-5-3-8-15-24-19-11-9-10-18(16-19)17-22-13-6-4-7-14-22/h9-11,16,21H,2-8,12-15,17H2,1H3. The van der Waals surface area contributed by atoms with E-state index in [0.717, 1.165) is 44.6 Å². The molecule has 1 aromatic carbocycles. The molecular weight excluding hydrogens is 300 g/mol. The van der Waals surface area contributed by atoms with Gasteiger partial charge in [-0.2, -0.15) is 0 Å². The molecular formula is C20H32N2O2. The molecule has 24 heavy (non-hydrogen) atoms. The molecule has 0 aliphatic carbocycles. The number of nitrogens with zero attached hydrogens (tertiary/aromatic N) is 1. The van der Waals surface area contributed by atoms with E-state index in [9.17, 15) is 0 Å². The highest BCUT2D eigenvalue weighted by Crippen LogP contribution is 2.18. The van der Waals surface area contributed by atoms with E-state index in [1.54, 1.807) is 0 Å². The van der Waals surface area contributed by atoms with Crippen molar-refractivity contribution in [1.29, 1.82) is 5.41 Å². The van der Waals surface area contributed by atoms with Gasteiger partial charge in [-0.25, -0.2) is 0 Å². The summed E-state index contributed by atoms with van der Waals surface area (Å²) in [5, 5.41) is 7.58. The molecule has 1 aliphatic rings. The Labute approximate surface area is 146 Å². The molecule has 1 saturated heterocycles. The van der Waals surface area contributed by atoms with E-state index >= 15 is 0 Å². The quantitative estimate of drug-likeness (QED) is 0.386. The number of likely N-dealkylation sites (tertiary alicyclic amines) is 1. The Morgan fingerprint density at radius 1 is 1.12 bits per heavy atom. The van der Waals surface area contributed by atoms with E-state index in [4.69, 9.17) is 14.9 Å². The van der Waals surface area contributed by atoms with Crippen LogP contribution in [0.5, 0.6) is 5.75 Å². The fourth-order valence-electron chi connectivity index (χ4n) is 3.11. The zero-order chi connectivity index (χ0) is 17.0. The number of benzene rings is 1. The molecule has 0 amide bonds. The predicted molar refractivity (Wildman–Crippen MR) is 98.9 cm³/mol. The molecule has 1 aromatic rings. The lowest BCUT2D eigenvalue weighted by atomic mass is 10.1. The van der Waals surface area contributed by atoms with Crippen LogP contribution in [0.2, 0.25) is 0 Å². The van der Waals surface area contributed by atoms with Crippen LogP contribution in [-0.2, 0) is 11.3 Å². The van der Waals surface area contributed by atoms with Gasteiger partial charge in [-0.1, -0.05) is 18.6 Å². The Bertz CT molecular complexity index is 484. The van der Waals surface area contributed by atoms with Gasteiger partial charge in [0.15, 0.2) is 5.90 Å². The van der Waals surface area contributed by atoms with Gasteiger partial charge < -0.3 is 9.47 Å². The summed E-state index contributed by atoms with van der Waals surface area (Å²) in [6.45, 7) is 6.74. The second-order valence-corrected chi connectivity index (χ2v) is 6.50. The number of hydrogen-bond acceptors (Lipinski definition) is 4. The van der Waals surface area contributed by atoms with Crippen molar-refractivity contribution in [1.82, 2.24) is 4.90 Å². The van der Waals surface area contributed by atoms with E-state index in [2.05, 4.69) is 23.1 Å². The van der Waals surface area contributed by atoms with Gasteiger partial charge in [-0.15, -0.1) is 0 Å². The van der Waals surface area contributed by atoms with E-state index < -0.39 is 0 Å². The first-order valence-electron chi connectivity index (χ1n) is 9.42. The molecule has 0 atom stereocenters. The van der Waals surface area contributed by atoms with Crippen molar-refractivity contribution in [2.75, 3.05) is 26.3 Å². The van der Waals surface area contributed by atoms with E-state index in [0.29, 0.717) is 12.5 Å². The van der Waals surface area contributed by atoms with Crippen molar-refractivity contribution < 1.29 is 9.47 Å². The lowest BCUT2D eigenvalue weighted by molar-refractivity contribution is 0.220. The summed E-state index contributed by atoms with van der Waals surface area (Å²) in [5.74, 6) is 1.38. The fraction of sp³-hybridized carbons (Fsp3) is 0.650. The van der Waals surface area contributed by atoms with Crippen LogP contribution >= 0.6 is 0 Å². The zero-order valence-electron chi connectivity index (χ0n) is 15.1. The molecule has 0 bridgehead atoms. The highest BCUT2D eigenvalue weighted by atomic mass is 16.5. The van der Waals surface area contributed by atoms with Crippen molar-refractivity contribution in [3.63, 3.8) is 0 Å². The van der Waals surface area contributed by atoms with Gasteiger partial charge >= 0.3 is 0 Å². The van der Waals surface area contributed by atoms with Crippen LogP contribution in [0.1, 0.15) is 57.4 Å². The molecule has 1 heterocycles. The number of unbranched alkanes of at least 4 members (excludes halogenated alkanes) is 2. The lowest BCUT2D eigenvalue weighted by Gasteiger charge is -2.26. The van der Waals surface area contributed by atoms with E-state index in [1.165, 1.54) is 37.9 Å². The number of hydrogen-bond donors (Lipinski definition) is 1. The number of nitrogens with one attached hydrogen (secondary N) is 1. The highest BCUT2D eigenvalue weighted by molar-refractivity contribution is 5.72. The second kappa shape index (κ2) is 11.1. The third kappa shape index (κ3) is 7.35. The van der Waals surface area contributed by atoms with Crippen molar-refractivity contribution in [2.45, 2.75) is 58.4 Å². The van der Waals surface area contributed by atoms with Crippen LogP contribution in [0, 0.1) is 5.41 Å². The van der Waals surface area contributed by atoms with Crippen molar-refractivity contribution >= 4 is 5.90 Å². The average Bonchev–Trinajstić information content (AvgIpc) is 2.59. The summed E-state index contributed by atoms with van der Waals surface area (Å²) in [4.78, 5) is 2.54. The molecule has 0 saturated carbocycles. The zero-order valence-corrected chi connectivity index (χ0v) is 15.1. The third-order valence-electron chi connectivity index (χ3n) is 4.39. The Morgan fingerprint density at radius 2 is 1.96 bits per heavy atom. The van der Waals surface area contributed by atoms with Gasteiger partial charge in [0, 0.05) is 13.0 Å². The second-order valence-electron chi connectivity index (χ2n) is 6.50. The molecule has 1 N–H and O–H groups in total. The first-order valence-corrected chi connectivity index (χ1v) is 9.42. The van der Waals surface area contributed by atoms with Crippen molar-refractivity contribution in [2.24, 2.45) is 0 Å². The Balaban J connectivity index is 1.62. The third-order valence-corrected chi connectivity index (χ3v) is 4.39. The minimum Gasteiger partial charge on any atom is -0.494 e. The molecule has 4 nitrogen and oxygen atoms in total. The van der Waals surface area contributed by atoms with Crippen LogP contribution in [0.25, 0.3) is 0 Å². The van der Waals surface area contributed by atoms with Gasteiger partial charge in [0.2, 0.25) is 0 Å². The minimum absolute atomic E-state index is 0.406. The summed E-state index contributed by atoms with van der Waals surface area (Å²) in [5.41, 5.74) is 1.35. The number of rotatable bonds is 10. The summed E-state index contributed by atoms with van der Waals surface area (Å²) in [6, 6.07) is 8.52. The van der Waals surface area contributed by atoms with Gasteiger partial charge in [0.05, 0.1) is 13.2 Å². The Morgan fingerprint density at radius 3 is 2.75 bits per heavy atom. The van der Waals surface area contributed by atoms with Crippen LogP contribution in [0.3, 0.4) is 0 Å². The summed E-state index contributed by atoms with van der Waals surface area (Å²) < 4.78 is 11.0. The Kier molecular flexibility index (Phi) is 8.67. The van der Waals surface area contributed by atoms with Gasteiger partial charge in [-0.3, -0.25) is 10.3 Å². The highest BCUT2D eigenvalue weighted by Gasteiger charge is 2.10. The smallest absolute Gasteiger partial charge is 0.180 e. The maximum Gasteiger partial charge on any atom is 0.180 e. The summed E-state index contributed by atoms with van der Waals surface area (Å²) in [7, 11) is 0. The van der Waals surface area contributed by atoms with Crippen LogP contribution in [0.4, 0.5) is 0 Å². The number of ether oxygens (including phenoxy) is 2.